The van der Waals surface area contributed by atoms with Gasteiger partial charge in [-0.05, 0) is 36.4 Å². The van der Waals surface area contributed by atoms with E-state index in [2.05, 4.69) is 0 Å². The number of imide groups is 1. The summed E-state index contributed by atoms with van der Waals surface area (Å²) in [5.74, 6) is -0.967. The number of carbonyl (C=O) groups excluding carboxylic acids is 2. The number of benzene rings is 2. The molecule has 1 aliphatic heterocycles. The van der Waals surface area contributed by atoms with Crippen LogP contribution in [0, 0.1) is 0 Å². The number of hydrogen-bond donors (Lipinski definition) is 0. The zero-order valence-electron chi connectivity index (χ0n) is 14.4. The molecule has 8 heteroatoms. The van der Waals surface area contributed by atoms with Crippen LogP contribution in [0.4, 0.5) is 18.9 Å². The van der Waals surface area contributed by atoms with Crippen molar-refractivity contribution in [1.82, 2.24) is 4.90 Å². The van der Waals surface area contributed by atoms with E-state index in [1.165, 1.54) is 17.0 Å². The Hall–Kier alpha value is -2.74. The average molecular weight is 392 g/mol. The van der Waals surface area contributed by atoms with Gasteiger partial charge in [-0.3, -0.25) is 9.59 Å². The summed E-state index contributed by atoms with van der Waals surface area (Å²) in [7, 11) is 3.28. The maximum Gasteiger partial charge on any atom is 0.416 e. The maximum absolute atomic E-state index is 12.9. The topological polar surface area (TPSA) is 40.6 Å². The predicted octanol–water partition coefficient (Wildman–Crippen LogP) is 4.14. The molecule has 0 saturated carbocycles. The molecule has 0 bridgehead atoms. The highest BCUT2D eigenvalue weighted by atomic mass is 32.2. The van der Waals surface area contributed by atoms with E-state index in [4.69, 9.17) is 0 Å². The van der Waals surface area contributed by atoms with Gasteiger partial charge >= 0.3 is 6.18 Å². The van der Waals surface area contributed by atoms with Gasteiger partial charge in [-0.1, -0.05) is 30.0 Å². The summed E-state index contributed by atoms with van der Waals surface area (Å²) in [6.45, 7) is 0. The molecule has 140 valence electrons. The molecule has 0 spiro atoms. The van der Waals surface area contributed by atoms with Crippen LogP contribution in [0.25, 0.3) is 0 Å². The van der Waals surface area contributed by atoms with Gasteiger partial charge in [0.2, 0.25) is 0 Å². The lowest BCUT2D eigenvalue weighted by Crippen LogP contribution is -2.33. The van der Waals surface area contributed by atoms with Crippen molar-refractivity contribution in [2.75, 3.05) is 19.0 Å². The van der Waals surface area contributed by atoms with Crippen LogP contribution in [0.3, 0.4) is 0 Å². The molecule has 3 rings (SSSR count). The fourth-order valence-corrected chi connectivity index (χ4v) is 3.68. The quantitative estimate of drug-likeness (QED) is 0.734. The standard InChI is InChI=1S/C19H15F3N2O2S/c1-23(2)15-16(27-14-10-8-12(9-11-14)19(20,21)22)18(26)24(17(15)25)13-6-4-3-5-7-13/h3-11H,1-2H3. The smallest absolute Gasteiger partial charge is 0.372 e. The number of anilines is 1. The summed E-state index contributed by atoms with van der Waals surface area (Å²) in [5, 5.41) is 0. The molecule has 2 amide bonds. The van der Waals surface area contributed by atoms with Gasteiger partial charge in [0.05, 0.1) is 11.3 Å². The van der Waals surface area contributed by atoms with Gasteiger partial charge in [0, 0.05) is 19.0 Å². The molecule has 4 nitrogen and oxygen atoms in total. The molecule has 1 aliphatic rings. The normalized spacial score (nSPS) is 14.9. The number of amides is 2. The van der Waals surface area contributed by atoms with Crippen LogP contribution < -0.4 is 4.90 Å². The third kappa shape index (κ3) is 3.71. The molecule has 1 heterocycles. The van der Waals surface area contributed by atoms with Crippen molar-refractivity contribution >= 4 is 29.3 Å². The van der Waals surface area contributed by atoms with Crippen LogP contribution in [-0.2, 0) is 15.8 Å². The second-order valence-corrected chi connectivity index (χ2v) is 7.06. The first-order valence-electron chi connectivity index (χ1n) is 7.90. The lowest BCUT2D eigenvalue weighted by Gasteiger charge is -2.16. The number of halogens is 3. The van der Waals surface area contributed by atoms with E-state index < -0.39 is 23.6 Å². The van der Waals surface area contributed by atoms with Crippen LogP contribution in [0.15, 0.2) is 70.1 Å². The lowest BCUT2D eigenvalue weighted by atomic mass is 10.2. The molecule has 0 aromatic heterocycles. The summed E-state index contributed by atoms with van der Waals surface area (Å²) in [4.78, 5) is 28.9. The van der Waals surface area contributed by atoms with Crippen molar-refractivity contribution in [3.8, 4) is 0 Å². The third-order valence-corrected chi connectivity index (χ3v) is 4.96. The first-order valence-corrected chi connectivity index (χ1v) is 8.72. The van der Waals surface area contributed by atoms with Gasteiger partial charge in [0.25, 0.3) is 11.8 Å². The number of rotatable bonds is 4. The number of thioether (sulfide) groups is 1. The van der Waals surface area contributed by atoms with E-state index >= 15 is 0 Å². The second-order valence-electron chi connectivity index (χ2n) is 5.98. The molecule has 0 fully saturated rings. The van der Waals surface area contributed by atoms with Gasteiger partial charge in [0.1, 0.15) is 10.6 Å². The first-order chi connectivity index (χ1) is 12.7. The number of para-hydroxylation sites is 1. The highest BCUT2D eigenvalue weighted by molar-refractivity contribution is 8.04. The van der Waals surface area contributed by atoms with Crippen molar-refractivity contribution in [2.45, 2.75) is 11.1 Å². The van der Waals surface area contributed by atoms with E-state index in [0.29, 0.717) is 10.6 Å². The van der Waals surface area contributed by atoms with E-state index in [1.807, 2.05) is 0 Å². The molecule has 2 aromatic rings. The van der Waals surface area contributed by atoms with E-state index in [0.717, 1.165) is 28.8 Å². The summed E-state index contributed by atoms with van der Waals surface area (Å²) in [5.41, 5.74) is -0.128. The Balaban J connectivity index is 1.94. The van der Waals surface area contributed by atoms with Crippen molar-refractivity contribution in [3.63, 3.8) is 0 Å². The van der Waals surface area contributed by atoms with Crippen molar-refractivity contribution in [2.24, 2.45) is 0 Å². The minimum absolute atomic E-state index is 0.175. The molecule has 0 unspecified atom stereocenters. The zero-order chi connectivity index (χ0) is 19.8. The van der Waals surface area contributed by atoms with Crippen molar-refractivity contribution in [1.29, 1.82) is 0 Å². The molecule has 0 radical (unpaired) electrons. The van der Waals surface area contributed by atoms with Crippen LogP contribution in [-0.4, -0.2) is 30.8 Å². The first kappa shape index (κ1) is 19.0. The van der Waals surface area contributed by atoms with Crippen LogP contribution >= 0.6 is 11.8 Å². The summed E-state index contributed by atoms with van der Waals surface area (Å²) < 4.78 is 38.1. The Morgan fingerprint density at radius 3 is 2.00 bits per heavy atom. The highest BCUT2D eigenvalue weighted by Gasteiger charge is 2.41. The molecular weight excluding hydrogens is 377 g/mol. The van der Waals surface area contributed by atoms with Gasteiger partial charge in [-0.25, -0.2) is 4.90 Å². The SMILES string of the molecule is CN(C)C1=C(Sc2ccc(C(F)(F)F)cc2)C(=O)N(c2ccccc2)C1=O. The van der Waals surface area contributed by atoms with Crippen LogP contribution in [0.2, 0.25) is 0 Å². The van der Waals surface area contributed by atoms with Gasteiger partial charge in [-0.15, -0.1) is 0 Å². The Morgan fingerprint density at radius 2 is 1.48 bits per heavy atom. The van der Waals surface area contributed by atoms with Crippen LogP contribution in [0.1, 0.15) is 5.56 Å². The molecule has 0 saturated heterocycles. The van der Waals surface area contributed by atoms with Gasteiger partial charge < -0.3 is 4.90 Å². The molecule has 2 aromatic carbocycles. The third-order valence-electron chi connectivity index (χ3n) is 3.88. The van der Waals surface area contributed by atoms with Gasteiger partial charge in [0.15, 0.2) is 0 Å². The van der Waals surface area contributed by atoms with Crippen molar-refractivity contribution < 1.29 is 22.8 Å². The Morgan fingerprint density at radius 1 is 0.889 bits per heavy atom. The Kier molecular flexibility index (Phi) is 5.01. The van der Waals surface area contributed by atoms with Gasteiger partial charge in [-0.2, -0.15) is 13.2 Å². The number of carbonyl (C=O) groups is 2. The molecule has 0 aliphatic carbocycles. The fraction of sp³-hybridized carbons (Fsp3) is 0.158. The molecular formula is C19H15F3N2O2S. The molecule has 27 heavy (non-hydrogen) atoms. The Bertz CT molecular complexity index is 907. The minimum atomic E-state index is -4.43. The monoisotopic (exact) mass is 392 g/mol. The number of nitrogens with zero attached hydrogens (tertiary/aromatic N) is 2. The number of likely N-dealkylation sites (N-methyl/N-ethyl adjacent to an activating group) is 1. The zero-order valence-corrected chi connectivity index (χ0v) is 15.3. The lowest BCUT2D eigenvalue weighted by molar-refractivity contribution is -0.137. The molecule has 0 N–H and O–H groups in total. The Labute approximate surface area is 158 Å². The molecule has 0 atom stereocenters. The summed E-state index contributed by atoms with van der Waals surface area (Å²) in [6, 6.07) is 13.0. The fourth-order valence-electron chi connectivity index (χ4n) is 2.63. The maximum atomic E-state index is 12.9. The summed E-state index contributed by atoms with van der Waals surface area (Å²) in [6.07, 6.45) is -4.43. The van der Waals surface area contributed by atoms with Crippen molar-refractivity contribution in [3.05, 3.63) is 70.8 Å². The van der Waals surface area contributed by atoms with E-state index in [9.17, 15) is 22.8 Å². The predicted molar refractivity (Wildman–Crippen MR) is 96.9 cm³/mol. The highest BCUT2D eigenvalue weighted by Crippen LogP contribution is 2.39. The minimum Gasteiger partial charge on any atom is -0.372 e. The average Bonchev–Trinajstić information content (AvgIpc) is 2.85. The second kappa shape index (κ2) is 7.11. The van der Waals surface area contributed by atoms with E-state index in [1.54, 1.807) is 44.4 Å². The number of hydrogen-bond acceptors (Lipinski definition) is 4. The van der Waals surface area contributed by atoms with E-state index in [-0.39, 0.29) is 10.6 Å². The van der Waals surface area contributed by atoms with Crippen LogP contribution in [0.5, 0.6) is 0 Å². The number of alkyl halides is 3. The largest absolute Gasteiger partial charge is 0.416 e. The summed E-state index contributed by atoms with van der Waals surface area (Å²) >= 11 is 0.976.